The second kappa shape index (κ2) is 5.77. The van der Waals surface area contributed by atoms with Gasteiger partial charge in [0.1, 0.15) is 5.52 Å². The Labute approximate surface area is 129 Å². The first-order valence-electron chi connectivity index (χ1n) is 6.95. The molecule has 0 aliphatic carbocycles. The van der Waals surface area contributed by atoms with Crippen LogP contribution in [-0.4, -0.2) is 19.2 Å². The molecule has 1 aromatic heterocycles. The summed E-state index contributed by atoms with van der Waals surface area (Å²) in [5.41, 5.74) is 2.16. The van der Waals surface area contributed by atoms with Crippen LogP contribution < -0.4 is 0 Å². The molecule has 2 aromatic carbocycles. The highest BCUT2D eigenvalue weighted by molar-refractivity contribution is 7.91. The van der Waals surface area contributed by atoms with Crippen LogP contribution in [0, 0.1) is 0 Å². The number of hydrogen-bond acceptors (Lipinski definition) is 4. The first kappa shape index (κ1) is 14.5. The molecule has 1 heterocycles. The summed E-state index contributed by atoms with van der Waals surface area (Å²) in [4.78, 5) is 4.59. The first-order chi connectivity index (χ1) is 10.6. The van der Waals surface area contributed by atoms with E-state index in [0.717, 1.165) is 5.56 Å². The second-order valence-corrected chi connectivity index (χ2v) is 7.11. The molecule has 0 fully saturated rings. The van der Waals surface area contributed by atoms with Gasteiger partial charge in [-0.15, -0.1) is 0 Å². The highest BCUT2D eigenvalue weighted by atomic mass is 32.2. The maximum Gasteiger partial charge on any atom is 0.220 e. The molecule has 0 radical (unpaired) electrons. The summed E-state index contributed by atoms with van der Waals surface area (Å²) in [5, 5.41) is 0. The standard InChI is InChI=1S/C17H15NO3S/c1-2-22(19,20)14-9-10-16-15(12-14)18-17(21-16)11-8-13-6-4-3-5-7-13/h3-12H,2H2,1H3. The maximum atomic E-state index is 11.9. The molecule has 5 heteroatoms. The van der Waals surface area contributed by atoms with Crippen molar-refractivity contribution in [2.24, 2.45) is 0 Å². The third kappa shape index (κ3) is 2.94. The summed E-state index contributed by atoms with van der Waals surface area (Å²) in [7, 11) is -3.24. The van der Waals surface area contributed by atoms with Crippen LogP contribution in [-0.2, 0) is 9.84 Å². The van der Waals surface area contributed by atoms with Crippen molar-refractivity contribution in [3.05, 3.63) is 60.0 Å². The molecule has 4 nitrogen and oxygen atoms in total. The highest BCUT2D eigenvalue weighted by Crippen LogP contribution is 2.21. The van der Waals surface area contributed by atoms with Gasteiger partial charge in [-0.2, -0.15) is 0 Å². The zero-order valence-corrected chi connectivity index (χ0v) is 12.9. The Morgan fingerprint density at radius 3 is 2.59 bits per heavy atom. The normalized spacial score (nSPS) is 12.2. The lowest BCUT2D eigenvalue weighted by molar-refractivity contribution is 0.589. The van der Waals surface area contributed by atoms with Gasteiger partial charge in [0.05, 0.1) is 10.6 Å². The van der Waals surface area contributed by atoms with Gasteiger partial charge in [0.15, 0.2) is 15.4 Å². The van der Waals surface area contributed by atoms with Gasteiger partial charge in [-0.25, -0.2) is 13.4 Å². The van der Waals surface area contributed by atoms with Crippen molar-refractivity contribution in [3.8, 4) is 0 Å². The second-order valence-electron chi connectivity index (χ2n) is 4.83. The Morgan fingerprint density at radius 1 is 1.09 bits per heavy atom. The Balaban J connectivity index is 1.95. The van der Waals surface area contributed by atoms with E-state index in [1.54, 1.807) is 31.2 Å². The van der Waals surface area contributed by atoms with Crippen LogP contribution in [0.5, 0.6) is 0 Å². The summed E-state index contributed by atoms with van der Waals surface area (Å²) in [6, 6.07) is 14.6. The molecular weight excluding hydrogens is 298 g/mol. The van der Waals surface area contributed by atoms with E-state index < -0.39 is 9.84 Å². The lowest BCUT2D eigenvalue weighted by Crippen LogP contribution is -2.03. The first-order valence-corrected chi connectivity index (χ1v) is 8.60. The Bertz CT molecular complexity index is 925. The molecule has 22 heavy (non-hydrogen) atoms. The average molecular weight is 313 g/mol. The number of nitrogens with zero attached hydrogens (tertiary/aromatic N) is 1. The minimum absolute atomic E-state index is 0.0666. The Morgan fingerprint density at radius 2 is 1.86 bits per heavy atom. The van der Waals surface area contributed by atoms with Crippen molar-refractivity contribution >= 4 is 33.1 Å². The van der Waals surface area contributed by atoms with Crippen LogP contribution in [0.15, 0.2) is 57.8 Å². The average Bonchev–Trinajstić information content (AvgIpc) is 2.96. The van der Waals surface area contributed by atoms with Crippen molar-refractivity contribution < 1.29 is 12.8 Å². The Kier molecular flexibility index (Phi) is 3.81. The van der Waals surface area contributed by atoms with E-state index in [0.29, 0.717) is 17.0 Å². The van der Waals surface area contributed by atoms with Gasteiger partial charge in [0, 0.05) is 6.08 Å². The molecule has 0 bridgehead atoms. The molecular formula is C17H15NO3S. The zero-order chi connectivity index (χ0) is 15.6. The fraction of sp³-hybridized carbons (Fsp3) is 0.118. The number of benzene rings is 2. The van der Waals surface area contributed by atoms with Crippen LogP contribution in [0.2, 0.25) is 0 Å². The summed E-state index contributed by atoms with van der Waals surface area (Å²) in [6.45, 7) is 1.62. The zero-order valence-electron chi connectivity index (χ0n) is 12.1. The molecule has 0 aliphatic heterocycles. The molecule has 0 saturated carbocycles. The molecule has 0 aliphatic rings. The van der Waals surface area contributed by atoms with E-state index in [1.807, 2.05) is 36.4 Å². The number of oxazole rings is 1. The summed E-state index contributed by atoms with van der Waals surface area (Å²) >= 11 is 0. The van der Waals surface area contributed by atoms with E-state index in [-0.39, 0.29) is 10.6 Å². The molecule has 0 amide bonds. The van der Waals surface area contributed by atoms with Gasteiger partial charge in [0.25, 0.3) is 0 Å². The third-order valence-corrected chi connectivity index (χ3v) is 5.06. The lowest BCUT2D eigenvalue weighted by atomic mass is 10.2. The van der Waals surface area contributed by atoms with Crippen molar-refractivity contribution in [3.63, 3.8) is 0 Å². The molecule has 3 aromatic rings. The van der Waals surface area contributed by atoms with Gasteiger partial charge >= 0.3 is 0 Å². The smallest absolute Gasteiger partial charge is 0.220 e. The quantitative estimate of drug-likeness (QED) is 0.735. The SMILES string of the molecule is CCS(=O)(=O)c1ccc2oc(C=Cc3ccccc3)nc2c1. The van der Waals surface area contributed by atoms with E-state index >= 15 is 0 Å². The molecule has 0 N–H and O–H groups in total. The summed E-state index contributed by atoms with van der Waals surface area (Å²) < 4.78 is 29.4. The molecule has 112 valence electrons. The maximum absolute atomic E-state index is 11.9. The fourth-order valence-corrected chi connectivity index (χ4v) is 2.99. The molecule has 0 unspecified atom stereocenters. The summed E-state index contributed by atoms with van der Waals surface area (Å²) in [5.74, 6) is 0.516. The van der Waals surface area contributed by atoms with Gasteiger partial charge in [-0.3, -0.25) is 0 Å². The topological polar surface area (TPSA) is 60.2 Å². The van der Waals surface area contributed by atoms with Crippen LogP contribution >= 0.6 is 0 Å². The molecule has 0 atom stereocenters. The van der Waals surface area contributed by atoms with E-state index in [9.17, 15) is 8.42 Å². The van der Waals surface area contributed by atoms with Crippen molar-refractivity contribution in [2.75, 3.05) is 5.75 Å². The van der Waals surface area contributed by atoms with E-state index in [4.69, 9.17) is 4.42 Å². The highest BCUT2D eigenvalue weighted by Gasteiger charge is 2.13. The largest absolute Gasteiger partial charge is 0.437 e. The van der Waals surface area contributed by atoms with Crippen LogP contribution in [0.25, 0.3) is 23.3 Å². The third-order valence-electron chi connectivity index (χ3n) is 3.33. The number of rotatable bonds is 4. The van der Waals surface area contributed by atoms with Gasteiger partial charge in [-0.05, 0) is 29.8 Å². The minimum atomic E-state index is -3.24. The molecule has 0 saturated heterocycles. The molecule has 3 rings (SSSR count). The van der Waals surface area contributed by atoms with Gasteiger partial charge in [-0.1, -0.05) is 37.3 Å². The molecule has 0 spiro atoms. The Hall–Kier alpha value is -2.40. The monoisotopic (exact) mass is 313 g/mol. The minimum Gasteiger partial charge on any atom is -0.437 e. The number of hydrogen-bond donors (Lipinski definition) is 0. The van der Waals surface area contributed by atoms with Crippen molar-refractivity contribution in [2.45, 2.75) is 11.8 Å². The number of sulfone groups is 1. The predicted octanol–water partition coefficient (Wildman–Crippen LogP) is 3.79. The van der Waals surface area contributed by atoms with Gasteiger partial charge in [0.2, 0.25) is 5.89 Å². The van der Waals surface area contributed by atoms with Crippen LogP contribution in [0.3, 0.4) is 0 Å². The lowest BCUT2D eigenvalue weighted by Gasteiger charge is -1.99. The number of fused-ring (bicyclic) bond motifs is 1. The predicted molar refractivity (Wildman–Crippen MR) is 87.1 cm³/mol. The van der Waals surface area contributed by atoms with Crippen LogP contribution in [0.4, 0.5) is 0 Å². The van der Waals surface area contributed by atoms with Crippen molar-refractivity contribution in [1.29, 1.82) is 0 Å². The van der Waals surface area contributed by atoms with Crippen LogP contribution in [0.1, 0.15) is 18.4 Å². The fourth-order valence-electron chi connectivity index (χ4n) is 2.09. The van der Waals surface area contributed by atoms with Gasteiger partial charge < -0.3 is 4.42 Å². The van der Waals surface area contributed by atoms with E-state index in [2.05, 4.69) is 4.98 Å². The number of aromatic nitrogens is 1. The summed E-state index contributed by atoms with van der Waals surface area (Å²) in [6.07, 6.45) is 3.66. The van der Waals surface area contributed by atoms with E-state index in [1.165, 1.54) is 0 Å². The van der Waals surface area contributed by atoms with Crippen molar-refractivity contribution in [1.82, 2.24) is 4.98 Å².